The minimum Gasteiger partial charge on any atom is -0.294 e. The Balaban J connectivity index is 1.51. The Labute approximate surface area is 186 Å². The molecular formula is C28H26F3N. The monoisotopic (exact) mass is 433 g/mol. The average molecular weight is 434 g/mol. The summed E-state index contributed by atoms with van der Waals surface area (Å²) in [6.07, 6.45) is -1.69. The van der Waals surface area contributed by atoms with Crippen LogP contribution in [0.1, 0.15) is 60.1 Å². The summed E-state index contributed by atoms with van der Waals surface area (Å²) in [4.78, 5) is 0. The molecule has 32 heavy (non-hydrogen) atoms. The van der Waals surface area contributed by atoms with E-state index in [0.29, 0.717) is 12.3 Å². The minimum absolute atomic E-state index is 0.118. The van der Waals surface area contributed by atoms with Gasteiger partial charge in [0.2, 0.25) is 0 Å². The predicted octanol–water partition coefficient (Wildman–Crippen LogP) is 6.69. The van der Waals surface area contributed by atoms with Crippen molar-refractivity contribution in [2.75, 3.05) is 0 Å². The van der Waals surface area contributed by atoms with E-state index in [9.17, 15) is 13.2 Å². The van der Waals surface area contributed by atoms with Gasteiger partial charge in [-0.1, -0.05) is 66.7 Å². The van der Waals surface area contributed by atoms with Crippen molar-refractivity contribution in [3.05, 3.63) is 106 Å². The van der Waals surface area contributed by atoms with Crippen LogP contribution >= 0.6 is 0 Å². The molecule has 4 heteroatoms. The summed E-state index contributed by atoms with van der Waals surface area (Å²) in [6.45, 7) is 4.55. The zero-order valence-electron chi connectivity index (χ0n) is 18.3. The zero-order valence-corrected chi connectivity index (χ0v) is 18.3. The molecule has 164 valence electrons. The second kappa shape index (κ2) is 6.26. The van der Waals surface area contributed by atoms with Gasteiger partial charge in [-0.05, 0) is 72.9 Å². The van der Waals surface area contributed by atoms with Crippen molar-refractivity contribution >= 4 is 0 Å². The Bertz CT molecular complexity index is 1230. The summed E-state index contributed by atoms with van der Waals surface area (Å²) in [5.74, 6) is 0.423. The first kappa shape index (κ1) is 20.0. The van der Waals surface area contributed by atoms with Gasteiger partial charge in [0.25, 0.3) is 0 Å². The molecule has 0 aromatic heterocycles. The summed E-state index contributed by atoms with van der Waals surface area (Å²) in [7, 11) is 0. The highest BCUT2D eigenvalue weighted by atomic mass is 19.4. The number of nitrogens with one attached hydrogen (secondary N) is 1. The quantitative estimate of drug-likeness (QED) is 0.475. The molecule has 1 saturated carbocycles. The second-order valence-electron chi connectivity index (χ2n) is 10.3. The molecule has 1 aliphatic carbocycles. The number of fused-ring (bicyclic) bond motifs is 9. The lowest BCUT2D eigenvalue weighted by atomic mass is 9.75. The van der Waals surface area contributed by atoms with Gasteiger partial charge in [0.1, 0.15) is 0 Å². The summed E-state index contributed by atoms with van der Waals surface area (Å²) < 4.78 is 40.1. The molecule has 1 unspecified atom stereocenters. The molecule has 6 rings (SSSR count). The average Bonchev–Trinajstić information content (AvgIpc) is 3.37. The molecule has 3 aromatic carbocycles. The number of hydrogen-bond donors (Lipinski definition) is 1. The van der Waals surface area contributed by atoms with Gasteiger partial charge in [-0.15, -0.1) is 0 Å². The first-order chi connectivity index (χ1) is 15.2. The Morgan fingerprint density at radius 2 is 1.44 bits per heavy atom. The lowest BCUT2D eigenvalue weighted by molar-refractivity contribution is -0.137. The SMILES string of the molecule is CC12C[C@@H]3C[C@]3(Cc3cccc(C(F)(F)F)c3)c3ccccc3[C@](C)(N1)c1ccccc12. The Kier molecular flexibility index (Phi) is 3.92. The van der Waals surface area contributed by atoms with Gasteiger partial charge >= 0.3 is 6.18 Å². The Hall–Kier alpha value is -2.59. The van der Waals surface area contributed by atoms with Crippen LogP contribution in [0.4, 0.5) is 13.2 Å². The van der Waals surface area contributed by atoms with Crippen LogP contribution in [0.3, 0.4) is 0 Å². The van der Waals surface area contributed by atoms with Crippen LogP contribution in [0.15, 0.2) is 72.8 Å². The van der Waals surface area contributed by atoms with Gasteiger partial charge in [0, 0.05) is 11.0 Å². The fourth-order valence-electron chi connectivity index (χ4n) is 6.82. The molecule has 3 aliphatic rings. The molecule has 4 atom stereocenters. The van der Waals surface area contributed by atoms with E-state index in [4.69, 9.17) is 0 Å². The van der Waals surface area contributed by atoms with Gasteiger partial charge in [-0.25, -0.2) is 0 Å². The number of alkyl halides is 3. The van der Waals surface area contributed by atoms with Crippen LogP contribution in [-0.4, -0.2) is 0 Å². The van der Waals surface area contributed by atoms with E-state index in [0.717, 1.165) is 18.4 Å². The highest BCUT2D eigenvalue weighted by Crippen LogP contribution is 2.65. The van der Waals surface area contributed by atoms with Gasteiger partial charge < -0.3 is 0 Å². The summed E-state index contributed by atoms with van der Waals surface area (Å²) in [5, 5.41) is 3.99. The number of halogens is 3. The smallest absolute Gasteiger partial charge is 0.294 e. The Morgan fingerprint density at radius 1 is 0.812 bits per heavy atom. The predicted molar refractivity (Wildman–Crippen MR) is 119 cm³/mol. The molecule has 1 N–H and O–H groups in total. The van der Waals surface area contributed by atoms with Crippen molar-refractivity contribution in [2.45, 2.75) is 55.8 Å². The maximum absolute atomic E-state index is 13.4. The third kappa shape index (κ3) is 2.68. The lowest BCUT2D eigenvalue weighted by Gasteiger charge is -2.39. The van der Waals surface area contributed by atoms with Crippen LogP contribution in [0.25, 0.3) is 0 Å². The molecule has 0 spiro atoms. The zero-order chi connectivity index (χ0) is 22.4. The van der Waals surface area contributed by atoms with Crippen molar-refractivity contribution in [2.24, 2.45) is 5.92 Å². The van der Waals surface area contributed by atoms with Gasteiger partial charge in [0.05, 0.1) is 11.1 Å². The van der Waals surface area contributed by atoms with Crippen LogP contribution in [0.2, 0.25) is 0 Å². The maximum Gasteiger partial charge on any atom is 0.416 e. The molecule has 2 heterocycles. The molecule has 3 aromatic rings. The van der Waals surface area contributed by atoms with E-state index in [1.54, 1.807) is 6.07 Å². The second-order valence-corrected chi connectivity index (χ2v) is 10.3. The topological polar surface area (TPSA) is 12.0 Å². The lowest BCUT2D eigenvalue weighted by Crippen LogP contribution is -2.47. The molecule has 0 saturated heterocycles. The van der Waals surface area contributed by atoms with E-state index in [2.05, 4.69) is 67.7 Å². The molecular weight excluding hydrogens is 407 g/mol. The van der Waals surface area contributed by atoms with Crippen LogP contribution < -0.4 is 5.32 Å². The van der Waals surface area contributed by atoms with Crippen LogP contribution in [0, 0.1) is 5.92 Å². The van der Waals surface area contributed by atoms with Gasteiger partial charge in [-0.2, -0.15) is 13.2 Å². The van der Waals surface area contributed by atoms with E-state index >= 15 is 0 Å². The summed E-state index contributed by atoms with van der Waals surface area (Å²) in [6, 6.07) is 23.2. The maximum atomic E-state index is 13.4. The van der Waals surface area contributed by atoms with E-state index < -0.39 is 11.7 Å². The third-order valence-electron chi connectivity index (χ3n) is 8.25. The normalized spacial score (nSPS) is 32.3. The fraction of sp³-hybridized carbons (Fsp3) is 0.357. The van der Waals surface area contributed by atoms with Crippen molar-refractivity contribution in [3.63, 3.8) is 0 Å². The van der Waals surface area contributed by atoms with Gasteiger partial charge in [0.15, 0.2) is 0 Å². The first-order valence-electron chi connectivity index (χ1n) is 11.3. The van der Waals surface area contributed by atoms with Crippen molar-refractivity contribution in [1.29, 1.82) is 0 Å². The van der Waals surface area contributed by atoms with Crippen LogP contribution in [-0.2, 0) is 29.1 Å². The van der Waals surface area contributed by atoms with E-state index in [1.165, 1.54) is 34.4 Å². The summed E-state index contributed by atoms with van der Waals surface area (Å²) >= 11 is 0. The van der Waals surface area contributed by atoms with E-state index in [1.807, 2.05) is 6.07 Å². The Morgan fingerprint density at radius 3 is 2.12 bits per heavy atom. The molecule has 2 aliphatic heterocycles. The van der Waals surface area contributed by atoms with Gasteiger partial charge in [-0.3, -0.25) is 5.32 Å². The number of benzene rings is 3. The first-order valence-corrected chi connectivity index (χ1v) is 11.3. The summed E-state index contributed by atoms with van der Waals surface area (Å²) in [5.41, 5.74) is 4.82. The standard InChI is InChI=1S/C28H26F3N/c1-25-16-20-17-27(20,15-18-8-7-9-19(14-18)28(29,30)31)24-13-6-5-12-23(24)26(2,32-25)22-11-4-3-10-21(22)25/h3-14,20,32H,15-17H2,1-2H3/t20-,25?,26-,27+/m1/s1. The number of rotatable bonds is 2. The largest absolute Gasteiger partial charge is 0.416 e. The molecule has 1 nitrogen and oxygen atoms in total. The molecule has 0 radical (unpaired) electrons. The van der Waals surface area contributed by atoms with E-state index in [-0.39, 0.29) is 16.5 Å². The van der Waals surface area contributed by atoms with Crippen molar-refractivity contribution in [1.82, 2.24) is 5.32 Å². The third-order valence-corrected chi connectivity index (χ3v) is 8.25. The minimum atomic E-state index is -4.32. The number of hydrogen-bond acceptors (Lipinski definition) is 1. The highest BCUT2D eigenvalue weighted by molar-refractivity contribution is 5.57. The van der Waals surface area contributed by atoms with Crippen molar-refractivity contribution < 1.29 is 13.2 Å². The molecule has 2 bridgehead atoms. The van der Waals surface area contributed by atoms with Crippen LogP contribution in [0.5, 0.6) is 0 Å². The molecule has 0 amide bonds. The fourth-order valence-corrected chi connectivity index (χ4v) is 6.82. The molecule has 1 fully saturated rings. The highest BCUT2D eigenvalue weighted by Gasteiger charge is 2.62. The van der Waals surface area contributed by atoms with Crippen molar-refractivity contribution in [3.8, 4) is 0 Å².